The van der Waals surface area contributed by atoms with Crippen LogP contribution in [0.15, 0.2) is 30.7 Å². The summed E-state index contributed by atoms with van der Waals surface area (Å²) in [6.07, 6.45) is 3.26. The standard InChI is InChI=1S/C11H8N6/c1-8-5-10(16-4-2-3-9(16)6-12)17-11(15-8)13-7-14-17/h2-5,7H,1H3. The Labute approximate surface area is 96.8 Å². The molecule has 0 bridgehead atoms. The summed E-state index contributed by atoms with van der Waals surface area (Å²) in [7, 11) is 0. The molecule has 82 valence electrons. The third kappa shape index (κ3) is 1.37. The Morgan fingerprint density at radius 2 is 2.29 bits per heavy atom. The van der Waals surface area contributed by atoms with Gasteiger partial charge in [0.1, 0.15) is 23.9 Å². The van der Waals surface area contributed by atoms with E-state index < -0.39 is 0 Å². The van der Waals surface area contributed by atoms with Crippen LogP contribution >= 0.6 is 0 Å². The van der Waals surface area contributed by atoms with Crippen molar-refractivity contribution in [3.05, 3.63) is 42.1 Å². The van der Waals surface area contributed by atoms with Crippen molar-refractivity contribution in [2.24, 2.45) is 0 Å². The van der Waals surface area contributed by atoms with Crippen LogP contribution in [0.3, 0.4) is 0 Å². The van der Waals surface area contributed by atoms with E-state index in [4.69, 9.17) is 5.26 Å². The first-order chi connectivity index (χ1) is 8.29. The Hall–Kier alpha value is -2.68. The first-order valence-electron chi connectivity index (χ1n) is 5.05. The number of rotatable bonds is 1. The van der Waals surface area contributed by atoms with E-state index in [-0.39, 0.29) is 0 Å². The lowest BCUT2D eigenvalue weighted by Crippen LogP contribution is -2.06. The third-order valence-corrected chi connectivity index (χ3v) is 2.47. The Bertz CT molecular complexity index is 730. The van der Waals surface area contributed by atoms with Gasteiger partial charge < -0.3 is 0 Å². The number of nitriles is 1. The molecule has 0 radical (unpaired) electrons. The highest BCUT2D eigenvalue weighted by molar-refractivity contribution is 5.41. The summed E-state index contributed by atoms with van der Waals surface area (Å²) < 4.78 is 3.37. The molecule has 17 heavy (non-hydrogen) atoms. The van der Waals surface area contributed by atoms with Gasteiger partial charge in [-0.15, -0.1) is 0 Å². The molecule has 6 nitrogen and oxygen atoms in total. The van der Waals surface area contributed by atoms with Crippen LogP contribution in [0.2, 0.25) is 0 Å². The Balaban J connectivity index is 2.37. The molecule has 0 spiro atoms. The normalized spacial score (nSPS) is 10.6. The Morgan fingerprint density at radius 3 is 3.12 bits per heavy atom. The molecule has 3 rings (SSSR count). The van der Waals surface area contributed by atoms with Gasteiger partial charge in [-0.25, -0.2) is 4.98 Å². The van der Waals surface area contributed by atoms with Crippen LogP contribution in [0.5, 0.6) is 0 Å². The van der Waals surface area contributed by atoms with Gasteiger partial charge in [0.2, 0.25) is 0 Å². The van der Waals surface area contributed by atoms with Crippen LogP contribution in [0.4, 0.5) is 0 Å². The van der Waals surface area contributed by atoms with E-state index in [0.717, 1.165) is 11.5 Å². The largest absolute Gasteiger partial charge is 0.292 e. The van der Waals surface area contributed by atoms with Gasteiger partial charge in [-0.3, -0.25) is 4.57 Å². The molecule has 0 atom stereocenters. The Kier molecular flexibility index (Phi) is 1.92. The van der Waals surface area contributed by atoms with Gasteiger partial charge in [-0.2, -0.15) is 19.9 Å². The summed E-state index contributed by atoms with van der Waals surface area (Å²) in [5, 5.41) is 13.1. The molecule has 0 aromatic carbocycles. The first-order valence-corrected chi connectivity index (χ1v) is 5.05. The highest BCUT2D eigenvalue weighted by Gasteiger charge is 2.09. The molecular formula is C11H8N6. The van der Waals surface area contributed by atoms with Gasteiger partial charge in [0.05, 0.1) is 0 Å². The summed E-state index contributed by atoms with van der Waals surface area (Å²) in [5.74, 6) is 1.28. The molecule has 3 aromatic heterocycles. The van der Waals surface area contributed by atoms with Crippen molar-refractivity contribution in [3.63, 3.8) is 0 Å². The SMILES string of the molecule is Cc1cc(-n2cccc2C#N)n2ncnc2n1. The monoisotopic (exact) mass is 224 g/mol. The maximum atomic E-state index is 9.03. The number of hydrogen-bond donors (Lipinski definition) is 0. The number of hydrogen-bond acceptors (Lipinski definition) is 4. The summed E-state index contributed by atoms with van der Waals surface area (Å²) in [6.45, 7) is 1.88. The zero-order valence-corrected chi connectivity index (χ0v) is 9.07. The van der Waals surface area contributed by atoms with Crippen LogP contribution in [0, 0.1) is 18.3 Å². The number of nitrogens with zero attached hydrogens (tertiary/aromatic N) is 6. The van der Waals surface area contributed by atoms with Gasteiger partial charge in [-0.05, 0) is 19.1 Å². The summed E-state index contributed by atoms with van der Waals surface area (Å²) in [6, 6.07) is 7.56. The van der Waals surface area contributed by atoms with Gasteiger partial charge in [-0.1, -0.05) is 0 Å². The van der Waals surface area contributed by atoms with Crippen molar-refractivity contribution in [2.45, 2.75) is 6.92 Å². The van der Waals surface area contributed by atoms with Crippen molar-refractivity contribution in [3.8, 4) is 11.9 Å². The second-order valence-electron chi connectivity index (χ2n) is 3.60. The molecule has 0 fully saturated rings. The second-order valence-corrected chi connectivity index (χ2v) is 3.60. The van der Waals surface area contributed by atoms with Crippen molar-refractivity contribution < 1.29 is 0 Å². The molecule has 0 aliphatic carbocycles. The summed E-state index contributed by atoms with van der Waals surface area (Å²) in [5.41, 5.74) is 1.38. The number of aryl methyl sites for hydroxylation is 1. The van der Waals surface area contributed by atoms with Gasteiger partial charge in [0.25, 0.3) is 5.78 Å². The molecule has 0 aliphatic heterocycles. The highest BCUT2D eigenvalue weighted by atomic mass is 15.4. The lowest BCUT2D eigenvalue weighted by Gasteiger charge is -2.07. The van der Waals surface area contributed by atoms with Crippen LogP contribution < -0.4 is 0 Å². The van der Waals surface area contributed by atoms with E-state index in [1.54, 1.807) is 15.1 Å². The van der Waals surface area contributed by atoms with Gasteiger partial charge in [0, 0.05) is 18.0 Å². The predicted octanol–water partition coefficient (Wildman–Crippen LogP) is 1.10. The minimum absolute atomic E-state index is 0.526. The maximum absolute atomic E-state index is 9.03. The summed E-state index contributed by atoms with van der Waals surface area (Å²) in [4.78, 5) is 8.30. The topological polar surface area (TPSA) is 71.8 Å². The summed E-state index contributed by atoms with van der Waals surface area (Å²) >= 11 is 0. The molecule has 3 aromatic rings. The van der Waals surface area contributed by atoms with Crippen molar-refractivity contribution in [1.29, 1.82) is 5.26 Å². The molecule has 0 N–H and O–H groups in total. The quantitative estimate of drug-likeness (QED) is 0.620. The van der Waals surface area contributed by atoms with Crippen molar-refractivity contribution >= 4 is 5.78 Å². The lowest BCUT2D eigenvalue weighted by atomic mass is 10.4. The average molecular weight is 224 g/mol. The van der Waals surface area contributed by atoms with E-state index >= 15 is 0 Å². The fourth-order valence-electron chi connectivity index (χ4n) is 1.75. The van der Waals surface area contributed by atoms with E-state index in [0.29, 0.717) is 11.5 Å². The Morgan fingerprint density at radius 1 is 1.41 bits per heavy atom. The first kappa shape index (κ1) is 9.54. The van der Waals surface area contributed by atoms with Crippen LogP contribution in [-0.4, -0.2) is 24.1 Å². The molecule has 0 amide bonds. The van der Waals surface area contributed by atoms with Crippen molar-refractivity contribution in [1.82, 2.24) is 24.1 Å². The van der Waals surface area contributed by atoms with Crippen molar-refractivity contribution in [2.75, 3.05) is 0 Å². The lowest BCUT2D eigenvalue weighted by molar-refractivity contribution is 0.844. The molecule has 3 heterocycles. The fraction of sp³-hybridized carbons (Fsp3) is 0.0909. The maximum Gasteiger partial charge on any atom is 0.254 e. The smallest absolute Gasteiger partial charge is 0.254 e. The zero-order chi connectivity index (χ0) is 11.8. The number of aromatic nitrogens is 5. The average Bonchev–Trinajstić information content (AvgIpc) is 2.95. The molecule has 0 aliphatic rings. The minimum Gasteiger partial charge on any atom is -0.292 e. The van der Waals surface area contributed by atoms with Crippen LogP contribution in [0.25, 0.3) is 11.6 Å². The third-order valence-electron chi connectivity index (χ3n) is 2.47. The molecule has 0 unspecified atom stereocenters. The fourth-order valence-corrected chi connectivity index (χ4v) is 1.75. The van der Waals surface area contributed by atoms with E-state index in [9.17, 15) is 0 Å². The van der Waals surface area contributed by atoms with E-state index in [1.165, 1.54) is 6.33 Å². The van der Waals surface area contributed by atoms with E-state index in [2.05, 4.69) is 21.1 Å². The van der Waals surface area contributed by atoms with Gasteiger partial charge in [0.15, 0.2) is 0 Å². The molecular weight excluding hydrogens is 216 g/mol. The van der Waals surface area contributed by atoms with Crippen LogP contribution in [0.1, 0.15) is 11.4 Å². The molecule has 0 saturated heterocycles. The molecule has 6 heteroatoms. The van der Waals surface area contributed by atoms with E-state index in [1.807, 2.05) is 25.3 Å². The second kappa shape index (κ2) is 3.42. The predicted molar refractivity (Wildman–Crippen MR) is 59.6 cm³/mol. The van der Waals surface area contributed by atoms with Crippen LogP contribution in [-0.2, 0) is 0 Å². The zero-order valence-electron chi connectivity index (χ0n) is 9.07. The van der Waals surface area contributed by atoms with Gasteiger partial charge >= 0.3 is 0 Å². The highest BCUT2D eigenvalue weighted by Crippen LogP contribution is 2.13. The molecule has 0 saturated carbocycles. The number of fused-ring (bicyclic) bond motifs is 1. The minimum atomic E-state index is 0.526.